The van der Waals surface area contributed by atoms with E-state index in [0.29, 0.717) is 17.1 Å². The molecule has 0 aromatic heterocycles. The Morgan fingerprint density at radius 2 is 1.91 bits per heavy atom. The highest BCUT2D eigenvalue weighted by Gasteiger charge is 2.18. The lowest BCUT2D eigenvalue weighted by Crippen LogP contribution is -2.36. The van der Waals surface area contributed by atoms with E-state index < -0.39 is 4.92 Å². The van der Waals surface area contributed by atoms with E-state index >= 15 is 0 Å². The van der Waals surface area contributed by atoms with Gasteiger partial charge in [0.25, 0.3) is 11.6 Å². The van der Waals surface area contributed by atoms with Crippen LogP contribution in [-0.4, -0.2) is 24.0 Å². The van der Waals surface area contributed by atoms with Gasteiger partial charge in [0.1, 0.15) is 18.2 Å². The van der Waals surface area contributed by atoms with Gasteiger partial charge in [-0.25, -0.2) is 0 Å². The fraction of sp³-hybridized carbons (Fsp3) is 0.333. The molecule has 2 aromatic carbocycles. The Morgan fingerprint density at radius 1 is 1.19 bits per heavy atom. The topological polar surface area (TPSA) is 114 Å². The minimum atomic E-state index is -0.454. The van der Waals surface area contributed by atoms with Crippen molar-refractivity contribution >= 4 is 17.7 Å². The number of ether oxygens (including phenoxy) is 2. The molecule has 8 heteroatoms. The third kappa shape index (κ3) is 6.08. The lowest BCUT2D eigenvalue weighted by Gasteiger charge is -2.22. The molecule has 0 atom stereocenters. The van der Waals surface area contributed by atoms with Crippen molar-refractivity contribution in [2.24, 2.45) is 0 Å². The first-order chi connectivity index (χ1) is 15.5. The van der Waals surface area contributed by atoms with E-state index in [9.17, 15) is 20.2 Å². The molecule has 0 spiro atoms. The number of methoxy groups -OCH3 is 1. The molecule has 166 valence electrons. The van der Waals surface area contributed by atoms with Gasteiger partial charge in [0.15, 0.2) is 11.5 Å². The van der Waals surface area contributed by atoms with Crippen molar-refractivity contribution in [3.63, 3.8) is 0 Å². The summed E-state index contributed by atoms with van der Waals surface area (Å²) in [4.78, 5) is 22.8. The summed E-state index contributed by atoms with van der Waals surface area (Å²) in [6, 6.07) is 13.3. The smallest absolute Gasteiger partial charge is 0.269 e. The van der Waals surface area contributed by atoms with Crippen molar-refractivity contribution in [3.05, 3.63) is 69.3 Å². The molecule has 1 amide bonds. The number of carbonyl (C=O) groups excluding carboxylic acids is 1. The SMILES string of the molecule is COc1cc(/C=C(/C#N)C(=O)NC2CCCCC2)ccc1OCc1ccc([N+](=O)[O-])cc1. The molecule has 1 aliphatic rings. The molecule has 1 fully saturated rings. The molecule has 8 nitrogen and oxygen atoms in total. The van der Waals surface area contributed by atoms with E-state index in [4.69, 9.17) is 9.47 Å². The first-order valence-corrected chi connectivity index (χ1v) is 10.5. The molecule has 1 N–H and O–H groups in total. The second kappa shape index (κ2) is 11.0. The molecule has 0 unspecified atom stereocenters. The van der Waals surface area contributed by atoms with Crippen LogP contribution < -0.4 is 14.8 Å². The van der Waals surface area contributed by atoms with Crippen LogP contribution in [0.4, 0.5) is 5.69 Å². The van der Waals surface area contributed by atoms with Gasteiger partial charge in [0.05, 0.1) is 12.0 Å². The Balaban J connectivity index is 1.68. The first kappa shape index (κ1) is 22.8. The highest BCUT2D eigenvalue weighted by atomic mass is 16.6. The number of hydrogen-bond acceptors (Lipinski definition) is 6. The Kier molecular flexibility index (Phi) is 7.81. The lowest BCUT2D eigenvalue weighted by atomic mass is 9.95. The molecule has 1 saturated carbocycles. The zero-order valence-electron chi connectivity index (χ0n) is 17.9. The third-order valence-electron chi connectivity index (χ3n) is 5.35. The van der Waals surface area contributed by atoms with Gasteiger partial charge in [-0.15, -0.1) is 0 Å². The van der Waals surface area contributed by atoms with Crippen LogP contribution in [0.25, 0.3) is 6.08 Å². The summed E-state index contributed by atoms with van der Waals surface area (Å²) in [6.07, 6.45) is 6.79. The molecule has 2 aromatic rings. The molecule has 0 heterocycles. The number of nitrogens with zero attached hydrogens (tertiary/aromatic N) is 2. The summed E-state index contributed by atoms with van der Waals surface area (Å²) in [6.45, 7) is 0.205. The standard InChI is InChI=1S/C24H25N3O5/c1-31-23-14-18(13-19(15-25)24(28)26-20-5-3-2-4-6-20)9-12-22(23)32-16-17-7-10-21(11-8-17)27(29)30/h7-14,20H,2-6,16H2,1H3,(H,26,28)/b19-13-. The van der Waals surface area contributed by atoms with Crippen LogP contribution >= 0.6 is 0 Å². The fourth-order valence-electron chi connectivity index (χ4n) is 3.59. The molecular formula is C24H25N3O5. The van der Waals surface area contributed by atoms with Crippen LogP contribution in [0.1, 0.15) is 43.2 Å². The third-order valence-corrected chi connectivity index (χ3v) is 5.35. The maximum atomic E-state index is 12.5. The fourth-order valence-corrected chi connectivity index (χ4v) is 3.59. The quantitative estimate of drug-likeness (QED) is 0.282. The summed E-state index contributed by atoms with van der Waals surface area (Å²) in [7, 11) is 1.50. The number of hydrogen-bond donors (Lipinski definition) is 1. The largest absolute Gasteiger partial charge is 0.493 e. The van der Waals surface area contributed by atoms with Gasteiger partial charge in [-0.1, -0.05) is 25.3 Å². The minimum absolute atomic E-state index is 0.0169. The maximum absolute atomic E-state index is 12.5. The summed E-state index contributed by atoms with van der Waals surface area (Å²) in [5, 5.41) is 23.2. The van der Waals surface area contributed by atoms with Crippen LogP contribution in [0, 0.1) is 21.4 Å². The van der Waals surface area contributed by atoms with Gasteiger partial charge in [-0.3, -0.25) is 14.9 Å². The molecule has 32 heavy (non-hydrogen) atoms. The number of nitro benzene ring substituents is 1. The normalized spacial score (nSPS) is 14.3. The number of nitrogens with one attached hydrogen (secondary N) is 1. The van der Waals surface area contributed by atoms with E-state index in [2.05, 4.69) is 5.32 Å². The second-order valence-corrected chi connectivity index (χ2v) is 7.60. The summed E-state index contributed by atoms with van der Waals surface area (Å²) < 4.78 is 11.2. The Labute approximate surface area is 186 Å². The van der Waals surface area contributed by atoms with Crippen LogP contribution in [0.2, 0.25) is 0 Å². The van der Waals surface area contributed by atoms with Crippen molar-refractivity contribution in [1.29, 1.82) is 5.26 Å². The molecule has 1 aliphatic carbocycles. The van der Waals surface area contributed by atoms with E-state index in [1.54, 1.807) is 30.3 Å². The molecule has 0 radical (unpaired) electrons. The first-order valence-electron chi connectivity index (χ1n) is 10.5. The van der Waals surface area contributed by atoms with Crippen LogP contribution in [-0.2, 0) is 11.4 Å². The van der Waals surface area contributed by atoms with Gasteiger partial charge < -0.3 is 14.8 Å². The zero-order valence-corrected chi connectivity index (χ0v) is 17.9. The van der Waals surface area contributed by atoms with E-state index in [0.717, 1.165) is 31.2 Å². The second-order valence-electron chi connectivity index (χ2n) is 7.60. The lowest BCUT2D eigenvalue weighted by molar-refractivity contribution is -0.384. The van der Waals surface area contributed by atoms with Crippen molar-refractivity contribution in [2.45, 2.75) is 44.8 Å². The van der Waals surface area contributed by atoms with Gasteiger partial charge in [0, 0.05) is 18.2 Å². The predicted octanol–water partition coefficient (Wildman–Crippen LogP) is 4.54. The molecule has 0 bridgehead atoms. The van der Waals surface area contributed by atoms with Crippen LogP contribution in [0.5, 0.6) is 11.5 Å². The highest BCUT2D eigenvalue weighted by molar-refractivity contribution is 6.01. The van der Waals surface area contributed by atoms with E-state index in [1.807, 2.05) is 6.07 Å². The van der Waals surface area contributed by atoms with Gasteiger partial charge >= 0.3 is 0 Å². The number of rotatable bonds is 8. The number of non-ortho nitro benzene ring substituents is 1. The van der Waals surface area contributed by atoms with Crippen molar-refractivity contribution in [2.75, 3.05) is 7.11 Å². The van der Waals surface area contributed by atoms with E-state index in [-0.39, 0.29) is 29.8 Å². The van der Waals surface area contributed by atoms with Crippen molar-refractivity contribution in [3.8, 4) is 17.6 Å². The molecule has 3 rings (SSSR count). The van der Waals surface area contributed by atoms with Gasteiger partial charge in [0.2, 0.25) is 0 Å². The summed E-state index contributed by atoms with van der Waals surface area (Å²) >= 11 is 0. The minimum Gasteiger partial charge on any atom is -0.493 e. The maximum Gasteiger partial charge on any atom is 0.269 e. The average molecular weight is 435 g/mol. The highest BCUT2D eigenvalue weighted by Crippen LogP contribution is 2.30. The predicted molar refractivity (Wildman–Crippen MR) is 119 cm³/mol. The van der Waals surface area contributed by atoms with Crippen LogP contribution in [0.3, 0.4) is 0 Å². The molecular weight excluding hydrogens is 410 g/mol. The Bertz CT molecular complexity index is 1030. The van der Waals surface area contributed by atoms with Gasteiger partial charge in [-0.2, -0.15) is 5.26 Å². The molecule has 0 aliphatic heterocycles. The van der Waals surface area contributed by atoms with Crippen molar-refractivity contribution < 1.29 is 19.2 Å². The Hall–Kier alpha value is -3.86. The Morgan fingerprint density at radius 3 is 2.53 bits per heavy atom. The number of nitro groups is 1. The number of amides is 1. The van der Waals surface area contributed by atoms with Gasteiger partial charge in [-0.05, 0) is 54.3 Å². The average Bonchev–Trinajstić information content (AvgIpc) is 2.82. The summed E-state index contributed by atoms with van der Waals surface area (Å²) in [5.74, 6) is 0.565. The molecule has 0 saturated heterocycles. The van der Waals surface area contributed by atoms with E-state index in [1.165, 1.54) is 31.7 Å². The monoisotopic (exact) mass is 435 g/mol. The van der Waals surface area contributed by atoms with Crippen LogP contribution in [0.15, 0.2) is 48.0 Å². The van der Waals surface area contributed by atoms with Crippen molar-refractivity contribution in [1.82, 2.24) is 5.32 Å². The number of carbonyl (C=O) groups is 1. The zero-order chi connectivity index (χ0) is 22.9. The number of nitriles is 1. The summed E-state index contributed by atoms with van der Waals surface area (Å²) in [5.41, 5.74) is 1.47. The number of benzene rings is 2.